The van der Waals surface area contributed by atoms with Gasteiger partial charge in [-0.3, -0.25) is 4.68 Å². The highest BCUT2D eigenvalue weighted by Crippen LogP contribution is 2.04. The van der Waals surface area contributed by atoms with E-state index in [0.29, 0.717) is 13.0 Å². The number of unbranched alkanes of at least 4 members (excludes halogenated alkanes) is 1. The van der Waals surface area contributed by atoms with Gasteiger partial charge in [0.25, 0.3) is 0 Å². The molecule has 0 aliphatic heterocycles. The predicted octanol–water partition coefficient (Wildman–Crippen LogP) is 1.20. The molecule has 7 nitrogen and oxygen atoms in total. The van der Waals surface area contributed by atoms with Crippen molar-refractivity contribution < 1.29 is 14.7 Å². The van der Waals surface area contributed by atoms with Gasteiger partial charge in [0.15, 0.2) is 0 Å². The molecule has 20 heavy (non-hydrogen) atoms. The van der Waals surface area contributed by atoms with Crippen LogP contribution in [0.5, 0.6) is 0 Å². The maximum absolute atomic E-state index is 12.0. The average molecular weight is 282 g/mol. The number of amides is 2. The summed E-state index contributed by atoms with van der Waals surface area (Å²) in [5, 5.41) is 15.6. The first-order chi connectivity index (χ1) is 9.43. The highest BCUT2D eigenvalue weighted by Gasteiger charge is 2.21. The van der Waals surface area contributed by atoms with Crippen molar-refractivity contribution in [2.24, 2.45) is 7.05 Å². The summed E-state index contributed by atoms with van der Waals surface area (Å²) >= 11 is 0. The van der Waals surface area contributed by atoms with Crippen LogP contribution in [0, 0.1) is 0 Å². The van der Waals surface area contributed by atoms with Crippen LogP contribution in [0.15, 0.2) is 12.4 Å². The van der Waals surface area contributed by atoms with Crippen molar-refractivity contribution in [3.63, 3.8) is 0 Å². The summed E-state index contributed by atoms with van der Waals surface area (Å²) in [5.74, 6) is -0.999. The van der Waals surface area contributed by atoms with Gasteiger partial charge in [0.2, 0.25) is 0 Å². The van der Waals surface area contributed by atoms with E-state index >= 15 is 0 Å². The summed E-state index contributed by atoms with van der Waals surface area (Å²) in [6.45, 7) is 2.37. The number of nitrogens with zero attached hydrogens (tertiary/aromatic N) is 3. The molecule has 0 unspecified atom stereocenters. The van der Waals surface area contributed by atoms with Crippen LogP contribution < -0.4 is 5.32 Å². The van der Waals surface area contributed by atoms with Crippen molar-refractivity contribution in [1.29, 1.82) is 0 Å². The third-order valence-corrected chi connectivity index (χ3v) is 2.97. The number of hydrogen-bond acceptors (Lipinski definition) is 3. The Kier molecular flexibility index (Phi) is 6.02. The lowest BCUT2D eigenvalue weighted by Gasteiger charge is -2.20. The van der Waals surface area contributed by atoms with Crippen LogP contribution in [0.3, 0.4) is 0 Å². The van der Waals surface area contributed by atoms with E-state index in [9.17, 15) is 9.59 Å². The quantitative estimate of drug-likeness (QED) is 0.786. The number of urea groups is 1. The highest BCUT2D eigenvalue weighted by atomic mass is 16.4. The Bertz CT molecular complexity index is 458. The van der Waals surface area contributed by atoms with Crippen molar-refractivity contribution in [2.75, 3.05) is 7.05 Å². The number of carboxylic acids is 1. The normalized spacial score (nSPS) is 11.9. The molecule has 0 aliphatic carbocycles. The van der Waals surface area contributed by atoms with Gasteiger partial charge in [0.05, 0.1) is 12.7 Å². The topological polar surface area (TPSA) is 87.5 Å². The van der Waals surface area contributed by atoms with Crippen LogP contribution in [0.4, 0.5) is 4.79 Å². The molecule has 0 saturated carbocycles. The number of carbonyl (C=O) groups excluding carboxylic acids is 1. The zero-order valence-corrected chi connectivity index (χ0v) is 12.2. The molecule has 1 aromatic heterocycles. The molecule has 112 valence electrons. The fraction of sp³-hybridized carbons (Fsp3) is 0.615. The van der Waals surface area contributed by atoms with Gasteiger partial charge in [0, 0.05) is 25.9 Å². The number of rotatable bonds is 7. The minimum absolute atomic E-state index is 0.389. The summed E-state index contributed by atoms with van der Waals surface area (Å²) in [4.78, 5) is 24.5. The Morgan fingerprint density at radius 3 is 2.75 bits per heavy atom. The van der Waals surface area contributed by atoms with Gasteiger partial charge in [0.1, 0.15) is 6.04 Å². The van der Waals surface area contributed by atoms with E-state index < -0.39 is 18.0 Å². The van der Waals surface area contributed by atoms with Crippen molar-refractivity contribution in [2.45, 2.75) is 38.8 Å². The number of nitrogens with one attached hydrogen (secondary N) is 1. The first-order valence-electron chi connectivity index (χ1n) is 6.66. The van der Waals surface area contributed by atoms with Crippen LogP contribution in [0.25, 0.3) is 0 Å². The molecule has 0 aromatic carbocycles. The van der Waals surface area contributed by atoms with Crippen molar-refractivity contribution >= 4 is 12.0 Å². The van der Waals surface area contributed by atoms with Crippen LogP contribution in [0.2, 0.25) is 0 Å². The lowest BCUT2D eigenvalue weighted by molar-refractivity contribution is -0.139. The molecule has 0 spiro atoms. The summed E-state index contributed by atoms with van der Waals surface area (Å²) in [5.41, 5.74) is 0.894. The van der Waals surface area contributed by atoms with Crippen LogP contribution >= 0.6 is 0 Å². The first-order valence-corrected chi connectivity index (χ1v) is 6.66. The minimum Gasteiger partial charge on any atom is -0.480 e. The summed E-state index contributed by atoms with van der Waals surface area (Å²) in [6.07, 6.45) is 5.60. The molecule has 7 heteroatoms. The van der Waals surface area contributed by atoms with E-state index in [1.807, 2.05) is 13.1 Å². The Morgan fingerprint density at radius 2 is 2.25 bits per heavy atom. The molecule has 0 bridgehead atoms. The Balaban J connectivity index is 2.52. The van der Waals surface area contributed by atoms with E-state index in [0.717, 1.165) is 18.4 Å². The lowest BCUT2D eigenvalue weighted by Crippen LogP contribution is -2.46. The average Bonchev–Trinajstić information content (AvgIpc) is 2.79. The number of carboxylic acid groups (broad SMARTS) is 1. The van der Waals surface area contributed by atoms with Gasteiger partial charge in [-0.15, -0.1) is 0 Å². The molecule has 2 N–H and O–H groups in total. The van der Waals surface area contributed by atoms with E-state index in [-0.39, 0.29) is 0 Å². The SMILES string of the molecule is CCCC[C@H](NC(=O)N(C)Cc1cnn(C)c1)C(=O)O. The molecule has 0 fully saturated rings. The highest BCUT2D eigenvalue weighted by molar-refractivity contribution is 5.82. The number of aromatic nitrogens is 2. The van der Waals surface area contributed by atoms with Crippen LogP contribution in [-0.2, 0) is 18.4 Å². The number of aliphatic carboxylic acids is 1. The van der Waals surface area contributed by atoms with Gasteiger partial charge in [-0.25, -0.2) is 9.59 Å². The summed E-state index contributed by atoms with van der Waals surface area (Å²) in [6, 6.07) is -1.23. The van der Waals surface area contributed by atoms with Gasteiger partial charge in [-0.2, -0.15) is 5.10 Å². The zero-order valence-electron chi connectivity index (χ0n) is 12.2. The first kappa shape index (κ1) is 16.0. The van der Waals surface area contributed by atoms with E-state index in [2.05, 4.69) is 10.4 Å². The second-order valence-electron chi connectivity index (χ2n) is 4.86. The second-order valence-corrected chi connectivity index (χ2v) is 4.86. The van der Waals surface area contributed by atoms with E-state index in [4.69, 9.17) is 5.11 Å². The maximum Gasteiger partial charge on any atom is 0.326 e. The van der Waals surface area contributed by atoms with Gasteiger partial charge in [-0.05, 0) is 6.42 Å². The van der Waals surface area contributed by atoms with E-state index in [1.54, 1.807) is 25.0 Å². The van der Waals surface area contributed by atoms with Crippen LogP contribution in [-0.4, -0.2) is 44.9 Å². The number of hydrogen-bond donors (Lipinski definition) is 2. The minimum atomic E-state index is -0.999. The van der Waals surface area contributed by atoms with Gasteiger partial charge < -0.3 is 15.3 Å². The molecule has 0 aliphatic rings. The Hall–Kier alpha value is -2.05. The summed E-state index contributed by atoms with van der Waals surface area (Å²) < 4.78 is 1.66. The van der Waals surface area contributed by atoms with Gasteiger partial charge >= 0.3 is 12.0 Å². The van der Waals surface area contributed by atoms with Crippen molar-refractivity contribution in [1.82, 2.24) is 20.0 Å². The third-order valence-electron chi connectivity index (χ3n) is 2.97. The molecule has 1 aromatic rings. The van der Waals surface area contributed by atoms with E-state index in [1.165, 1.54) is 4.90 Å². The molecular formula is C13H22N4O3. The Morgan fingerprint density at radius 1 is 1.55 bits per heavy atom. The number of aryl methyl sites for hydroxylation is 1. The largest absolute Gasteiger partial charge is 0.480 e. The second kappa shape index (κ2) is 7.52. The number of carbonyl (C=O) groups is 2. The fourth-order valence-electron chi connectivity index (χ4n) is 1.82. The molecule has 1 atom stereocenters. The molecule has 1 rings (SSSR count). The molecule has 2 amide bonds. The lowest BCUT2D eigenvalue weighted by atomic mass is 10.1. The monoisotopic (exact) mass is 282 g/mol. The standard InChI is InChI=1S/C13H22N4O3/c1-4-5-6-11(12(18)19)15-13(20)16(2)8-10-7-14-17(3)9-10/h7,9,11H,4-6,8H2,1-3H3,(H,15,20)(H,18,19)/t11-/m0/s1. The van der Waals surface area contributed by atoms with Crippen molar-refractivity contribution in [3.05, 3.63) is 18.0 Å². The third kappa shape index (κ3) is 4.91. The molecule has 0 saturated heterocycles. The van der Waals surface area contributed by atoms with Crippen LogP contribution in [0.1, 0.15) is 31.7 Å². The van der Waals surface area contributed by atoms with Gasteiger partial charge in [-0.1, -0.05) is 19.8 Å². The summed E-state index contributed by atoms with van der Waals surface area (Å²) in [7, 11) is 3.43. The molecule has 0 radical (unpaired) electrons. The predicted molar refractivity (Wildman–Crippen MR) is 74.2 cm³/mol. The molecule has 1 heterocycles. The maximum atomic E-state index is 12.0. The zero-order chi connectivity index (χ0) is 15.1. The molecular weight excluding hydrogens is 260 g/mol. The fourth-order valence-corrected chi connectivity index (χ4v) is 1.82. The Labute approximate surface area is 118 Å². The van der Waals surface area contributed by atoms with Crippen molar-refractivity contribution in [3.8, 4) is 0 Å². The smallest absolute Gasteiger partial charge is 0.326 e.